The molecule has 1 heterocycles. The maximum absolute atomic E-state index is 11.9. The van der Waals surface area contributed by atoms with Crippen molar-refractivity contribution in [2.45, 2.75) is 12.8 Å². The highest BCUT2D eigenvalue weighted by Gasteiger charge is 2.52. The van der Waals surface area contributed by atoms with Gasteiger partial charge in [-0.05, 0) is 30.0 Å². The third kappa shape index (κ3) is 1.79. The van der Waals surface area contributed by atoms with Crippen molar-refractivity contribution in [2.24, 2.45) is 11.8 Å². The number of benzene rings is 1. The Bertz CT molecular complexity index is 497. The molecule has 17 heavy (non-hydrogen) atoms. The monoisotopic (exact) mass is 231 g/mol. The number of rotatable bonds is 3. The Hall–Kier alpha value is -1.84. The topological polar surface area (TPSA) is 57.6 Å². The minimum Gasteiger partial charge on any atom is -0.481 e. The van der Waals surface area contributed by atoms with E-state index >= 15 is 0 Å². The van der Waals surface area contributed by atoms with Gasteiger partial charge in [-0.25, -0.2) is 0 Å². The molecule has 1 amide bonds. The van der Waals surface area contributed by atoms with Gasteiger partial charge < -0.3 is 10.0 Å². The Morgan fingerprint density at radius 2 is 2.29 bits per heavy atom. The quantitative estimate of drug-likeness (QED) is 0.853. The van der Waals surface area contributed by atoms with E-state index in [9.17, 15) is 9.59 Å². The fraction of sp³-hybridized carbons (Fsp3) is 0.385. The van der Waals surface area contributed by atoms with Crippen molar-refractivity contribution in [1.29, 1.82) is 0 Å². The van der Waals surface area contributed by atoms with Crippen LogP contribution in [-0.4, -0.2) is 23.5 Å². The van der Waals surface area contributed by atoms with Crippen LogP contribution in [0.2, 0.25) is 0 Å². The molecule has 0 aromatic heterocycles. The Morgan fingerprint density at radius 3 is 2.94 bits per heavy atom. The molecular formula is C13H13NO3. The number of hydrogen-bond acceptors (Lipinski definition) is 2. The molecule has 1 saturated carbocycles. The zero-order valence-corrected chi connectivity index (χ0v) is 9.30. The Morgan fingerprint density at radius 1 is 1.47 bits per heavy atom. The third-order valence-corrected chi connectivity index (χ3v) is 3.50. The summed E-state index contributed by atoms with van der Waals surface area (Å²) in [4.78, 5) is 24.3. The number of nitrogens with zero attached hydrogens (tertiary/aromatic N) is 1. The van der Waals surface area contributed by atoms with E-state index in [1.54, 1.807) is 17.0 Å². The zero-order chi connectivity index (χ0) is 12.0. The number of anilines is 1. The van der Waals surface area contributed by atoms with Gasteiger partial charge in [0.15, 0.2) is 0 Å². The average molecular weight is 231 g/mol. The standard InChI is InChI=1S/C13H13NO3/c15-12(16)5-8-2-1-3-10(4-8)14-7-9-6-11(9)13(14)17/h1-4,9,11H,5-7H2,(H,15,16). The molecule has 88 valence electrons. The van der Waals surface area contributed by atoms with Crippen LogP contribution in [0.1, 0.15) is 12.0 Å². The van der Waals surface area contributed by atoms with Crippen molar-refractivity contribution < 1.29 is 14.7 Å². The van der Waals surface area contributed by atoms with Gasteiger partial charge in [0.2, 0.25) is 5.91 Å². The number of aliphatic carboxylic acids is 1. The fourth-order valence-corrected chi connectivity index (χ4v) is 2.52. The summed E-state index contributed by atoms with van der Waals surface area (Å²) in [5.74, 6) is 0.115. The van der Waals surface area contributed by atoms with Crippen LogP contribution in [0, 0.1) is 11.8 Å². The van der Waals surface area contributed by atoms with E-state index in [1.807, 2.05) is 12.1 Å². The lowest BCUT2D eigenvalue weighted by Crippen LogP contribution is -2.27. The van der Waals surface area contributed by atoms with Gasteiger partial charge in [-0.1, -0.05) is 12.1 Å². The maximum Gasteiger partial charge on any atom is 0.307 e. The van der Waals surface area contributed by atoms with Crippen molar-refractivity contribution in [3.63, 3.8) is 0 Å². The SMILES string of the molecule is O=C(O)Cc1cccc(N2CC3CC3C2=O)c1. The Balaban J connectivity index is 1.83. The molecule has 2 atom stereocenters. The molecule has 4 nitrogen and oxygen atoms in total. The lowest BCUT2D eigenvalue weighted by atomic mass is 10.1. The van der Waals surface area contributed by atoms with Crippen LogP contribution < -0.4 is 4.90 Å². The summed E-state index contributed by atoms with van der Waals surface area (Å²) in [6.07, 6.45) is 1.03. The highest BCUT2D eigenvalue weighted by Crippen LogP contribution is 2.47. The van der Waals surface area contributed by atoms with Gasteiger partial charge in [0.1, 0.15) is 0 Å². The molecule has 1 aliphatic heterocycles. The van der Waals surface area contributed by atoms with Crippen molar-refractivity contribution in [3.05, 3.63) is 29.8 Å². The molecule has 0 radical (unpaired) electrons. The van der Waals surface area contributed by atoms with Gasteiger partial charge in [0.25, 0.3) is 0 Å². The molecule has 4 heteroatoms. The van der Waals surface area contributed by atoms with Crippen LogP contribution in [0.15, 0.2) is 24.3 Å². The van der Waals surface area contributed by atoms with E-state index in [0.29, 0.717) is 5.92 Å². The van der Waals surface area contributed by atoms with Gasteiger partial charge in [0, 0.05) is 18.2 Å². The second kappa shape index (κ2) is 3.58. The molecule has 1 aromatic carbocycles. The first kappa shape index (κ1) is 10.3. The summed E-state index contributed by atoms with van der Waals surface area (Å²) in [6, 6.07) is 7.26. The number of carboxylic acids is 1. The van der Waals surface area contributed by atoms with Gasteiger partial charge in [-0.15, -0.1) is 0 Å². The van der Waals surface area contributed by atoms with E-state index in [-0.39, 0.29) is 18.2 Å². The van der Waals surface area contributed by atoms with Crippen molar-refractivity contribution in [2.75, 3.05) is 11.4 Å². The maximum atomic E-state index is 11.9. The third-order valence-electron chi connectivity index (χ3n) is 3.50. The molecule has 1 saturated heterocycles. The second-order valence-corrected chi connectivity index (χ2v) is 4.79. The van der Waals surface area contributed by atoms with Crippen LogP contribution in [0.5, 0.6) is 0 Å². The summed E-state index contributed by atoms with van der Waals surface area (Å²) in [5, 5.41) is 8.74. The van der Waals surface area contributed by atoms with Crippen LogP contribution >= 0.6 is 0 Å². The molecule has 2 unspecified atom stereocenters. The van der Waals surface area contributed by atoms with E-state index in [4.69, 9.17) is 5.11 Å². The van der Waals surface area contributed by atoms with Crippen LogP contribution in [-0.2, 0) is 16.0 Å². The molecule has 2 fully saturated rings. The number of fused-ring (bicyclic) bond motifs is 1. The first-order valence-corrected chi connectivity index (χ1v) is 5.77. The smallest absolute Gasteiger partial charge is 0.307 e. The van der Waals surface area contributed by atoms with Crippen molar-refractivity contribution >= 4 is 17.6 Å². The minimum atomic E-state index is -0.849. The molecule has 1 aromatic rings. The summed E-state index contributed by atoms with van der Waals surface area (Å²) in [6.45, 7) is 0.792. The Kier molecular flexibility index (Phi) is 2.18. The minimum absolute atomic E-state index is 0.00271. The molecule has 3 rings (SSSR count). The van der Waals surface area contributed by atoms with E-state index in [0.717, 1.165) is 24.2 Å². The van der Waals surface area contributed by atoms with Crippen LogP contribution in [0.3, 0.4) is 0 Å². The zero-order valence-electron chi connectivity index (χ0n) is 9.30. The summed E-state index contributed by atoms with van der Waals surface area (Å²) in [5.41, 5.74) is 1.57. The molecule has 0 bridgehead atoms. The van der Waals surface area contributed by atoms with Crippen molar-refractivity contribution in [3.8, 4) is 0 Å². The number of carbonyl (C=O) groups is 2. The van der Waals surface area contributed by atoms with E-state index < -0.39 is 5.97 Å². The second-order valence-electron chi connectivity index (χ2n) is 4.79. The van der Waals surface area contributed by atoms with Crippen molar-refractivity contribution in [1.82, 2.24) is 0 Å². The largest absolute Gasteiger partial charge is 0.481 e. The predicted molar refractivity (Wildman–Crippen MR) is 61.7 cm³/mol. The van der Waals surface area contributed by atoms with Gasteiger partial charge >= 0.3 is 5.97 Å². The Labute approximate surface area is 98.9 Å². The average Bonchev–Trinajstić information content (AvgIpc) is 2.97. The number of carboxylic acid groups (broad SMARTS) is 1. The normalized spacial score (nSPS) is 25.9. The first-order valence-electron chi connectivity index (χ1n) is 5.77. The van der Waals surface area contributed by atoms with Gasteiger partial charge in [0.05, 0.1) is 6.42 Å². The van der Waals surface area contributed by atoms with Crippen LogP contribution in [0.25, 0.3) is 0 Å². The summed E-state index contributed by atoms with van der Waals surface area (Å²) >= 11 is 0. The summed E-state index contributed by atoms with van der Waals surface area (Å²) < 4.78 is 0. The highest BCUT2D eigenvalue weighted by molar-refractivity contribution is 5.99. The number of amides is 1. The number of carbonyl (C=O) groups excluding carboxylic acids is 1. The number of hydrogen-bond donors (Lipinski definition) is 1. The predicted octanol–water partition coefficient (Wildman–Crippen LogP) is 1.30. The van der Waals surface area contributed by atoms with Gasteiger partial charge in [-0.3, -0.25) is 9.59 Å². The summed E-state index contributed by atoms with van der Waals surface area (Å²) in [7, 11) is 0. The lowest BCUT2D eigenvalue weighted by molar-refractivity contribution is -0.136. The van der Waals surface area contributed by atoms with E-state index in [1.165, 1.54) is 0 Å². The van der Waals surface area contributed by atoms with Crippen LogP contribution in [0.4, 0.5) is 5.69 Å². The van der Waals surface area contributed by atoms with E-state index in [2.05, 4.69) is 0 Å². The molecule has 2 aliphatic rings. The molecule has 1 N–H and O–H groups in total. The highest BCUT2D eigenvalue weighted by atomic mass is 16.4. The van der Waals surface area contributed by atoms with Gasteiger partial charge in [-0.2, -0.15) is 0 Å². The first-order chi connectivity index (χ1) is 8.15. The molecule has 0 spiro atoms. The fourth-order valence-electron chi connectivity index (χ4n) is 2.52. The lowest BCUT2D eigenvalue weighted by Gasteiger charge is -2.18. The molecular weight excluding hydrogens is 218 g/mol. The molecule has 1 aliphatic carbocycles. The number of piperidine rings is 1.